The van der Waals surface area contributed by atoms with Gasteiger partial charge in [-0.25, -0.2) is 4.39 Å². The first-order chi connectivity index (χ1) is 10.3. The lowest BCUT2D eigenvalue weighted by atomic mass is 10.1. The van der Waals surface area contributed by atoms with Crippen LogP contribution in [-0.2, 0) is 0 Å². The van der Waals surface area contributed by atoms with Crippen molar-refractivity contribution < 1.29 is 4.39 Å². The molecule has 102 valence electrons. The summed E-state index contributed by atoms with van der Waals surface area (Å²) in [4.78, 5) is 3.20. The monoisotopic (exact) mass is 279 g/mol. The Morgan fingerprint density at radius 2 is 1.81 bits per heavy atom. The zero-order chi connectivity index (χ0) is 14.2. The number of tetrazole rings is 1. The van der Waals surface area contributed by atoms with Crippen LogP contribution in [0.5, 0.6) is 0 Å². The van der Waals surface area contributed by atoms with Gasteiger partial charge in [0, 0.05) is 22.7 Å². The maximum absolute atomic E-state index is 13.0. The molecular weight excluding hydrogens is 269 g/mol. The molecule has 0 aliphatic carbocycles. The number of fused-ring (bicyclic) bond motifs is 1. The van der Waals surface area contributed by atoms with Crippen LogP contribution < -0.4 is 0 Å². The van der Waals surface area contributed by atoms with Gasteiger partial charge >= 0.3 is 0 Å². The van der Waals surface area contributed by atoms with E-state index in [9.17, 15) is 4.39 Å². The van der Waals surface area contributed by atoms with Crippen molar-refractivity contribution in [3.63, 3.8) is 0 Å². The van der Waals surface area contributed by atoms with Crippen LogP contribution in [0, 0.1) is 5.82 Å². The van der Waals surface area contributed by atoms with Crippen molar-refractivity contribution in [2.75, 3.05) is 0 Å². The van der Waals surface area contributed by atoms with Crippen molar-refractivity contribution in [3.8, 4) is 17.1 Å². The highest BCUT2D eigenvalue weighted by Crippen LogP contribution is 2.27. The average molecular weight is 279 g/mol. The van der Waals surface area contributed by atoms with E-state index in [0.717, 1.165) is 16.5 Å². The molecule has 5 nitrogen and oxygen atoms in total. The topological polar surface area (TPSA) is 59.4 Å². The van der Waals surface area contributed by atoms with Crippen molar-refractivity contribution in [2.45, 2.75) is 0 Å². The molecule has 0 atom stereocenters. The quantitative estimate of drug-likeness (QED) is 0.613. The van der Waals surface area contributed by atoms with Crippen molar-refractivity contribution in [2.24, 2.45) is 0 Å². The summed E-state index contributed by atoms with van der Waals surface area (Å²) in [6, 6.07) is 14.0. The second kappa shape index (κ2) is 4.52. The molecule has 0 radical (unpaired) electrons. The molecule has 1 N–H and O–H groups in total. The van der Waals surface area contributed by atoms with Gasteiger partial charge in [0.25, 0.3) is 0 Å². The minimum atomic E-state index is -0.291. The Kier molecular flexibility index (Phi) is 2.53. The number of hydrogen-bond acceptors (Lipinski definition) is 3. The Balaban J connectivity index is 1.91. The van der Waals surface area contributed by atoms with Crippen molar-refractivity contribution in [3.05, 3.63) is 60.5 Å². The molecule has 4 aromatic rings. The number of rotatable bonds is 2. The Morgan fingerprint density at radius 1 is 1.00 bits per heavy atom. The standard InChI is InChI=1S/C15H10FN5/c16-10-5-7-11(8-6-10)21-15(18-19-20-21)13-9-17-14-4-2-1-3-12(13)14/h1-9,17H. The van der Waals surface area contributed by atoms with E-state index < -0.39 is 0 Å². The van der Waals surface area contributed by atoms with Gasteiger partial charge in [0.15, 0.2) is 5.82 Å². The summed E-state index contributed by atoms with van der Waals surface area (Å²) < 4.78 is 14.6. The molecule has 4 rings (SSSR count). The highest BCUT2D eigenvalue weighted by Gasteiger charge is 2.14. The summed E-state index contributed by atoms with van der Waals surface area (Å²) in [5, 5.41) is 12.9. The van der Waals surface area contributed by atoms with Crippen molar-refractivity contribution in [1.82, 2.24) is 25.2 Å². The molecule has 0 aliphatic heterocycles. The van der Waals surface area contributed by atoms with Crippen LogP contribution in [0.25, 0.3) is 28.0 Å². The van der Waals surface area contributed by atoms with E-state index in [0.29, 0.717) is 11.5 Å². The molecule has 2 aromatic carbocycles. The normalized spacial score (nSPS) is 11.1. The molecule has 0 bridgehead atoms. The summed E-state index contributed by atoms with van der Waals surface area (Å²) in [5.74, 6) is 0.319. The molecule has 2 aromatic heterocycles. The van der Waals surface area contributed by atoms with E-state index in [1.165, 1.54) is 12.1 Å². The van der Waals surface area contributed by atoms with E-state index in [-0.39, 0.29) is 5.82 Å². The highest BCUT2D eigenvalue weighted by molar-refractivity contribution is 5.93. The third kappa shape index (κ3) is 1.88. The van der Waals surface area contributed by atoms with E-state index in [1.54, 1.807) is 16.8 Å². The van der Waals surface area contributed by atoms with Gasteiger partial charge in [-0.2, -0.15) is 4.68 Å². The van der Waals surface area contributed by atoms with Crippen LogP contribution in [-0.4, -0.2) is 25.2 Å². The number of nitrogens with zero attached hydrogens (tertiary/aromatic N) is 4. The molecule has 0 aliphatic rings. The Hall–Kier alpha value is -3.02. The van der Waals surface area contributed by atoms with Crippen LogP contribution >= 0.6 is 0 Å². The number of aromatic amines is 1. The smallest absolute Gasteiger partial charge is 0.189 e. The largest absolute Gasteiger partial charge is 0.360 e. The molecule has 0 saturated carbocycles. The predicted octanol–water partition coefficient (Wildman–Crippen LogP) is 2.95. The summed E-state index contributed by atoms with van der Waals surface area (Å²) in [7, 11) is 0. The Labute approximate surface area is 119 Å². The van der Waals surface area contributed by atoms with Gasteiger partial charge in [0.1, 0.15) is 5.82 Å². The summed E-state index contributed by atoms with van der Waals surface area (Å²) >= 11 is 0. The second-order valence-electron chi connectivity index (χ2n) is 4.64. The third-order valence-corrected chi connectivity index (χ3v) is 3.37. The lowest BCUT2D eigenvalue weighted by Crippen LogP contribution is -1.99. The Morgan fingerprint density at radius 3 is 2.67 bits per heavy atom. The minimum absolute atomic E-state index is 0.291. The van der Waals surface area contributed by atoms with Crippen molar-refractivity contribution in [1.29, 1.82) is 0 Å². The fourth-order valence-electron chi connectivity index (χ4n) is 2.37. The summed E-state index contributed by atoms with van der Waals surface area (Å²) in [5.41, 5.74) is 2.63. The SMILES string of the molecule is Fc1ccc(-n2nnnc2-c2c[nH]c3ccccc23)cc1. The van der Waals surface area contributed by atoms with Crippen LogP contribution in [0.4, 0.5) is 4.39 Å². The minimum Gasteiger partial charge on any atom is -0.360 e. The van der Waals surface area contributed by atoms with Gasteiger partial charge in [0.05, 0.1) is 5.69 Å². The Bertz CT molecular complexity index is 907. The lowest BCUT2D eigenvalue weighted by Gasteiger charge is -2.03. The predicted molar refractivity (Wildman–Crippen MR) is 76.4 cm³/mol. The van der Waals surface area contributed by atoms with Gasteiger partial charge in [0.2, 0.25) is 0 Å². The average Bonchev–Trinajstić information content (AvgIpc) is 3.14. The van der Waals surface area contributed by atoms with Gasteiger partial charge in [-0.3, -0.25) is 0 Å². The lowest BCUT2D eigenvalue weighted by molar-refractivity contribution is 0.627. The first-order valence-electron chi connectivity index (χ1n) is 6.44. The molecule has 6 heteroatoms. The van der Waals surface area contributed by atoms with E-state index in [2.05, 4.69) is 20.5 Å². The molecule has 2 heterocycles. The zero-order valence-electron chi connectivity index (χ0n) is 10.9. The van der Waals surface area contributed by atoms with Crippen LogP contribution in [0.15, 0.2) is 54.7 Å². The first kappa shape index (κ1) is 11.8. The molecule has 0 fully saturated rings. The number of H-pyrrole nitrogens is 1. The van der Waals surface area contributed by atoms with Gasteiger partial charge in [-0.1, -0.05) is 18.2 Å². The van der Waals surface area contributed by atoms with Gasteiger partial charge in [-0.15, -0.1) is 5.10 Å². The maximum atomic E-state index is 13.0. The zero-order valence-corrected chi connectivity index (χ0v) is 10.9. The van der Waals surface area contributed by atoms with Crippen LogP contribution in [0.3, 0.4) is 0 Å². The van der Waals surface area contributed by atoms with E-state index >= 15 is 0 Å². The molecule has 0 saturated heterocycles. The number of aromatic nitrogens is 5. The molecule has 0 amide bonds. The first-order valence-corrected chi connectivity index (χ1v) is 6.44. The summed E-state index contributed by atoms with van der Waals surface area (Å²) in [6.45, 7) is 0. The van der Waals surface area contributed by atoms with Crippen molar-refractivity contribution >= 4 is 10.9 Å². The van der Waals surface area contributed by atoms with Gasteiger partial charge < -0.3 is 4.98 Å². The number of halogens is 1. The van der Waals surface area contributed by atoms with E-state index in [4.69, 9.17) is 0 Å². The number of benzene rings is 2. The molecule has 0 spiro atoms. The van der Waals surface area contributed by atoms with Crippen LogP contribution in [0.1, 0.15) is 0 Å². The molecular formula is C15H10FN5. The van der Waals surface area contributed by atoms with Gasteiger partial charge in [-0.05, 0) is 40.8 Å². The van der Waals surface area contributed by atoms with Crippen LogP contribution in [0.2, 0.25) is 0 Å². The number of hydrogen-bond donors (Lipinski definition) is 1. The second-order valence-corrected chi connectivity index (χ2v) is 4.64. The molecule has 0 unspecified atom stereocenters. The fraction of sp³-hybridized carbons (Fsp3) is 0. The number of para-hydroxylation sites is 1. The van der Waals surface area contributed by atoms with E-state index in [1.807, 2.05) is 30.5 Å². The molecule has 21 heavy (non-hydrogen) atoms. The summed E-state index contributed by atoms with van der Waals surface area (Å²) in [6.07, 6.45) is 1.87. The number of nitrogens with one attached hydrogen (secondary N) is 1. The third-order valence-electron chi connectivity index (χ3n) is 3.37. The fourth-order valence-corrected chi connectivity index (χ4v) is 2.37. The maximum Gasteiger partial charge on any atom is 0.189 e. The highest BCUT2D eigenvalue weighted by atomic mass is 19.1.